The smallest absolute Gasteiger partial charge is 0.416 e. The van der Waals surface area contributed by atoms with E-state index in [-0.39, 0.29) is 18.8 Å². The molecule has 1 aromatic carbocycles. The summed E-state index contributed by atoms with van der Waals surface area (Å²) >= 11 is 0. The third-order valence-electron chi connectivity index (χ3n) is 4.53. The lowest BCUT2D eigenvalue weighted by atomic mass is 10.1. The van der Waals surface area contributed by atoms with Gasteiger partial charge in [-0.25, -0.2) is 4.79 Å². The number of alkyl halides is 3. The number of hydrogen-bond acceptors (Lipinski definition) is 5. The van der Waals surface area contributed by atoms with Crippen molar-refractivity contribution in [1.29, 1.82) is 0 Å². The van der Waals surface area contributed by atoms with Gasteiger partial charge < -0.3 is 19.7 Å². The van der Waals surface area contributed by atoms with Crippen LogP contribution in [-0.2, 0) is 15.7 Å². The molecule has 10 heteroatoms. The zero-order chi connectivity index (χ0) is 21.0. The highest BCUT2D eigenvalue weighted by molar-refractivity contribution is 5.88. The summed E-state index contributed by atoms with van der Waals surface area (Å²) in [5, 5.41) is 11.5. The van der Waals surface area contributed by atoms with Crippen molar-refractivity contribution in [3.8, 4) is 0 Å². The molecule has 2 aromatic rings. The van der Waals surface area contributed by atoms with E-state index in [1.807, 2.05) is 0 Å². The van der Waals surface area contributed by atoms with Crippen LogP contribution >= 0.6 is 0 Å². The first kappa shape index (κ1) is 20.4. The van der Waals surface area contributed by atoms with E-state index in [2.05, 4.69) is 0 Å². The van der Waals surface area contributed by atoms with Gasteiger partial charge in [-0.1, -0.05) is 6.07 Å². The molecule has 1 fully saturated rings. The topological polar surface area (TPSA) is 76.8 Å². The number of ether oxygens (including phenoxy) is 1. The average molecular weight is 409 g/mol. The molecule has 7 nitrogen and oxygen atoms in total. The van der Waals surface area contributed by atoms with Gasteiger partial charge in [-0.3, -0.25) is 4.79 Å². The van der Waals surface area contributed by atoms with Crippen LogP contribution in [0.4, 0.5) is 18.9 Å². The first-order valence-electron chi connectivity index (χ1n) is 8.81. The van der Waals surface area contributed by atoms with Gasteiger partial charge in [-0.05, 0) is 24.3 Å². The molecule has 1 aliphatic heterocycles. The number of anilines is 1. The van der Waals surface area contributed by atoms with Gasteiger partial charge in [0, 0.05) is 44.0 Å². The monoisotopic (exact) mass is 409 g/mol. The Hall–Kier alpha value is -3.30. The van der Waals surface area contributed by atoms with E-state index in [1.54, 1.807) is 11.0 Å². The minimum Gasteiger partial charge on any atom is -0.618 e. The lowest BCUT2D eigenvalue weighted by Gasteiger charge is -2.36. The normalized spacial score (nSPS) is 14.6. The number of esters is 1. The van der Waals surface area contributed by atoms with Crippen molar-refractivity contribution in [3.63, 3.8) is 0 Å². The highest BCUT2D eigenvalue weighted by Gasteiger charge is 2.31. The van der Waals surface area contributed by atoms with Gasteiger partial charge in [0.05, 0.1) is 5.56 Å². The van der Waals surface area contributed by atoms with Crippen LogP contribution in [0.15, 0.2) is 48.7 Å². The SMILES string of the molecule is O=C(OCC(=O)N1CCN(c2cccc(C(F)(F)F)c2)CC1)c1cccc[n+]1[O-]. The molecule has 0 aliphatic carbocycles. The maximum atomic E-state index is 12.9. The summed E-state index contributed by atoms with van der Waals surface area (Å²) in [5.74, 6) is -1.34. The zero-order valence-corrected chi connectivity index (χ0v) is 15.3. The van der Waals surface area contributed by atoms with E-state index in [4.69, 9.17) is 4.74 Å². The molecule has 2 heterocycles. The van der Waals surface area contributed by atoms with Gasteiger partial charge >= 0.3 is 17.8 Å². The Kier molecular flexibility index (Phi) is 5.90. The van der Waals surface area contributed by atoms with Gasteiger partial charge in [-0.2, -0.15) is 17.9 Å². The number of nitrogens with zero attached hydrogens (tertiary/aromatic N) is 3. The van der Waals surface area contributed by atoms with Crippen LogP contribution in [0.1, 0.15) is 16.1 Å². The van der Waals surface area contributed by atoms with Gasteiger partial charge in [0.1, 0.15) is 0 Å². The zero-order valence-electron chi connectivity index (χ0n) is 15.3. The summed E-state index contributed by atoms with van der Waals surface area (Å²) in [6.45, 7) is 0.733. The lowest BCUT2D eigenvalue weighted by molar-refractivity contribution is -0.608. The number of amides is 1. The van der Waals surface area contributed by atoms with Gasteiger partial charge in [0.25, 0.3) is 5.91 Å². The van der Waals surface area contributed by atoms with E-state index >= 15 is 0 Å². The molecular weight excluding hydrogens is 391 g/mol. The van der Waals surface area contributed by atoms with Gasteiger partial charge in [-0.15, -0.1) is 0 Å². The average Bonchev–Trinajstić information content (AvgIpc) is 2.71. The van der Waals surface area contributed by atoms with Crippen molar-refractivity contribution >= 4 is 17.6 Å². The molecule has 1 saturated heterocycles. The van der Waals surface area contributed by atoms with Crippen LogP contribution in [0.25, 0.3) is 0 Å². The number of rotatable bonds is 4. The molecular formula is C19H18F3N3O4. The van der Waals surface area contributed by atoms with Crippen molar-refractivity contribution in [1.82, 2.24) is 4.90 Å². The van der Waals surface area contributed by atoms with E-state index in [0.717, 1.165) is 18.3 Å². The van der Waals surface area contributed by atoms with Crippen LogP contribution in [0.3, 0.4) is 0 Å². The number of aromatic nitrogens is 1. The number of piperazine rings is 1. The second-order valence-corrected chi connectivity index (χ2v) is 6.40. The molecule has 0 atom stereocenters. The summed E-state index contributed by atoms with van der Waals surface area (Å²) in [4.78, 5) is 27.4. The van der Waals surface area contributed by atoms with E-state index < -0.39 is 30.2 Å². The van der Waals surface area contributed by atoms with Crippen LogP contribution < -0.4 is 9.63 Å². The van der Waals surface area contributed by atoms with E-state index in [1.165, 1.54) is 29.2 Å². The molecule has 0 radical (unpaired) electrons. The molecule has 154 valence electrons. The summed E-state index contributed by atoms with van der Waals surface area (Å²) < 4.78 is 43.8. The highest BCUT2D eigenvalue weighted by atomic mass is 19.4. The second kappa shape index (κ2) is 8.38. The Balaban J connectivity index is 1.52. The summed E-state index contributed by atoms with van der Waals surface area (Å²) in [6.07, 6.45) is -3.27. The number of pyridine rings is 1. The maximum Gasteiger partial charge on any atom is 0.416 e. The standard InChI is InChI=1S/C19H18F3N3O4/c20-19(21,22)14-4-3-5-15(12-14)23-8-10-24(11-9-23)17(26)13-29-18(27)16-6-1-2-7-25(16)28/h1-7,12H,8-11,13H2. The number of carbonyl (C=O) groups excluding carboxylic acids is 2. The van der Waals surface area contributed by atoms with Gasteiger partial charge in [0.2, 0.25) is 0 Å². The first-order valence-corrected chi connectivity index (χ1v) is 8.81. The van der Waals surface area contributed by atoms with E-state index in [0.29, 0.717) is 23.5 Å². The molecule has 3 rings (SSSR count). The van der Waals surface area contributed by atoms with Gasteiger partial charge in [0.15, 0.2) is 12.8 Å². The first-order chi connectivity index (χ1) is 13.8. The highest BCUT2D eigenvalue weighted by Crippen LogP contribution is 2.31. The van der Waals surface area contributed by atoms with Crippen molar-refractivity contribution in [2.45, 2.75) is 6.18 Å². The molecule has 0 spiro atoms. The van der Waals surface area contributed by atoms with Crippen LogP contribution in [0.2, 0.25) is 0 Å². The Morgan fingerprint density at radius 3 is 2.45 bits per heavy atom. The van der Waals surface area contributed by atoms with Crippen molar-refractivity contribution < 1.29 is 32.2 Å². The molecule has 0 N–H and O–H groups in total. The number of halogens is 3. The largest absolute Gasteiger partial charge is 0.618 e. The fraction of sp³-hybridized carbons (Fsp3) is 0.316. The minimum absolute atomic E-state index is 0.227. The number of carbonyl (C=O) groups is 2. The summed E-state index contributed by atoms with van der Waals surface area (Å²) in [5.41, 5.74) is -0.519. The number of hydrogen-bond donors (Lipinski definition) is 0. The van der Waals surface area contributed by atoms with Crippen LogP contribution in [0, 0.1) is 5.21 Å². The fourth-order valence-electron chi connectivity index (χ4n) is 2.97. The third kappa shape index (κ3) is 4.95. The second-order valence-electron chi connectivity index (χ2n) is 6.40. The van der Waals surface area contributed by atoms with Crippen LogP contribution in [-0.4, -0.2) is 49.6 Å². The third-order valence-corrected chi connectivity index (χ3v) is 4.53. The molecule has 0 saturated carbocycles. The summed E-state index contributed by atoms with van der Waals surface area (Å²) in [6, 6.07) is 9.27. The molecule has 1 aromatic heterocycles. The van der Waals surface area contributed by atoms with Crippen molar-refractivity contribution in [3.05, 3.63) is 65.1 Å². The Morgan fingerprint density at radius 1 is 1.07 bits per heavy atom. The minimum atomic E-state index is -4.42. The maximum absolute atomic E-state index is 12.9. The number of benzene rings is 1. The van der Waals surface area contributed by atoms with Crippen LogP contribution in [0.5, 0.6) is 0 Å². The van der Waals surface area contributed by atoms with Crippen molar-refractivity contribution in [2.24, 2.45) is 0 Å². The van der Waals surface area contributed by atoms with Crippen molar-refractivity contribution in [2.75, 3.05) is 37.7 Å². The fourth-order valence-corrected chi connectivity index (χ4v) is 2.97. The lowest BCUT2D eigenvalue weighted by Crippen LogP contribution is -2.50. The Bertz CT molecular complexity index is 896. The Labute approximate surface area is 164 Å². The predicted octanol–water partition coefficient (Wildman–Crippen LogP) is 1.84. The quantitative estimate of drug-likeness (QED) is 0.438. The molecule has 0 bridgehead atoms. The van der Waals surface area contributed by atoms with E-state index in [9.17, 15) is 28.0 Å². The molecule has 29 heavy (non-hydrogen) atoms. The Morgan fingerprint density at radius 2 is 1.79 bits per heavy atom. The predicted molar refractivity (Wildman–Crippen MR) is 95.9 cm³/mol. The molecule has 1 amide bonds. The summed E-state index contributed by atoms with van der Waals surface area (Å²) in [7, 11) is 0. The molecule has 0 unspecified atom stereocenters. The molecule has 1 aliphatic rings.